The van der Waals surface area contributed by atoms with Crippen LogP contribution in [0.25, 0.3) is 44.0 Å². The lowest BCUT2D eigenvalue weighted by Gasteiger charge is -2.15. The normalized spacial score (nSPS) is 11.3. The highest BCUT2D eigenvalue weighted by atomic mass is 16.4. The Hall–Kier alpha value is -5.05. The summed E-state index contributed by atoms with van der Waals surface area (Å²) < 4.78 is 11.5. The second-order valence-electron chi connectivity index (χ2n) is 8.21. The van der Waals surface area contributed by atoms with Gasteiger partial charge in [-0.25, -0.2) is 4.79 Å². The molecule has 0 aliphatic rings. The lowest BCUT2D eigenvalue weighted by atomic mass is 9.88. The number of phenols is 1. The van der Waals surface area contributed by atoms with Gasteiger partial charge in [0.05, 0.1) is 27.3 Å². The molecule has 2 N–H and O–H groups in total. The minimum absolute atomic E-state index is 0.0539. The van der Waals surface area contributed by atoms with Crippen molar-refractivity contribution in [3.8, 4) is 16.9 Å². The summed E-state index contributed by atoms with van der Waals surface area (Å²) in [5.74, 6) is -3.37. The number of rotatable bonds is 4. The van der Waals surface area contributed by atoms with E-state index in [2.05, 4.69) is 0 Å². The van der Waals surface area contributed by atoms with Gasteiger partial charge in [0.2, 0.25) is 10.9 Å². The molecule has 0 atom stereocenters. The quantitative estimate of drug-likeness (QED) is 0.277. The highest BCUT2D eigenvalue weighted by molar-refractivity contribution is 6.18. The van der Waals surface area contributed by atoms with E-state index in [1.807, 2.05) is 0 Å². The Balaban J connectivity index is 2.04. The molecule has 178 valence electrons. The number of hydrogen-bond acceptors (Lipinski definition) is 8. The van der Waals surface area contributed by atoms with Gasteiger partial charge in [-0.15, -0.1) is 0 Å². The Bertz CT molecular complexity index is 1920. The van der Waals surface area contributed by atoms with E-state index < -0.39 is 45.1 Å². The van der Waals surface area contributed by atoms with Crippen LogP contribution in [0.1, 0.15) is 44.9 Å². The molecule has 0 saturated carbocycles. The minimum Gasteiger partial charge on any atom is -0.507 e. The van der Waals surface area contributed by atoms with Crippen molar-refractivity contribution in [1.29, 1.82) is 0 Å². The molecule has 0 radical (unpaired) electrons. The average molecular weight is 484 g/mol. The van der Waals surface area contributed by atoms with Gasteiger partial charge in [-0.2, -0.15) is 0 Å². The van der Waals surface area contributed by atoms with Crippen molar-refractivity contribution in [2.45, 2.75) is 13.8 Å². The zero-order valence-electron chi connectivity index (χ0n) is 18.9. The first-order chi connectivity index (χ1) is 17.1. The first-order valence-corrected chi connectivity index (χ1v) is 10.7. The van der Waals surface area contributed by atoms with Gasteiger partial charge in [0.15, 0.2) is 11.6 Å². The second kappa shape index (κ2) is 8.02. The number of carbonyl (C=O) groups excluding carboxylic acids is 2. The SMILES string of the molecule is CC(=O)c1cc2c(=O)c3c(C(=O)O)c(O)ccc3oc2c(C(C)=O)c1-c1coc2ccccc2c1=O. The maximum Gasteiger partial charge on any atom is 0.340 e. The van der Waals surface area contributed by atoms with Crippen molar-refractivity contribution in [2.75, 3.05) is 0 Å². The predicted octanol–water partition coefficient (Wildman–Crippen LogP) is 4.53. The number of aromatic hydroxyl groups is 1. The number of Topliss-reactive ketones (excluding diaryl/α,β-unsaturated/α-hetero) is 2. The molecule has 9 heteroatoms. The maximum absolute atomic E-state index is 13.5. The minimum atomic E-state index is -1.56. The van der Waals surface area contributed by atoms with Gasteiger partial charge in [-0.05, 0) is 44.2 Å². The van der Waals surface area contributed by atoms with Crippen molar-refractivity contribution in [3.63, 3.8) is 0 Å². The van der Waals surface area contributed by atoms with Crippen LogP contribution >= 0.6 is 0 Å². The van der Waals surface area contributed by atoms with E-state index in [9.17, 15) is 34.2 Å². The smallest absolute Gasteiger partial charge is 0.340 e. The zero-order valence-corrected chi connectivity index (χ0v) is 18.9. The molecular weight excluding hydrogens is 468 g/mol. The third-order valence-corrected chi connectivity index (χ3v) is 6.00. The van der Waals surface area contributed by atoms with Crippen LogP contribution < -0.4 is 10.9 Å². The summed E-state index contributed by atoms with van der Waals surface area (Å²) in [7, 11) is 0. The summed E-state index contributed by atoms with van der Waals surface area (Å²) in [4.78, 5) is 64.3. The van der Waals surface area contributed by atoms with Crippen LogP contribution in [0.5, 0.6) is 5.75 Å². The van der Waals surface area contributed by atoms with E-state index in [0.29, 0.717) is 5.58 Å². The molecule has 9 nitrogen and oxygen atoms in total. The Labute approximate surface area is 200 Å². The molecule has 0 aliphatic heterocycles. The fraction of sp³-hybridized carbons (Fsp3) is 0.0741. The molecule has 2 aromatic heterocycles. The molecule has 0 unspecified atom stereocenters. The fourth-order valence-electron chi connectivity index (χ4n) is 4.43. The molecule has 0 fully saturated rings. The van der Waals surface area contributed by atoms with Crippen molar-refractivity contribution in [2.24, 2.45) is 0 Å². The molecule has 0 amide bonds. The molecule has 0 saturated heterocycles. The van der Waals surface area contributed by atoms with E-state index in [4.69, 9.17) is 8.83 Å². The third-order valence-electron chi connectivity index (χ3n) is 6.00. The standard InChI is InChI=1S/C27H16O9/c1-11(28)14-9-15-25(32)23-19(8-7-17(30)22(23)27(33)34)36-26(15)20(12(2)29)21(14)16-10-35-18-6-4-3-5-13(18)24(16)31/h3-10,30H,1-2H3,(H,33,34). The van der Waals surface area contributed by atoms with Crippen molar-refractivity contribution < 1.29 is 33.4 Å². The van der Waals surface area contributed by atoms with E-state index in [1.165, 1.54) is 19.9 Å². The van der Waals surface area contributed by atoms with Crippen LogP contribution in [0.4, 0.5) is 0 Å². The number of hydrogen-bond donors (Lipinski definition) is 2. The Morgan fingerprint density at radius 3 is 2.22 bits per heavy atom. The predicted molar refractivity (Wildman–Crippen MR) is 130 cm³/mol. The summed E-state index contributed by atoms with van der Waals surface area (Å²) in [6.07, 6.45) is 1.14. The van der Waals surface area contributed by atoms with E-state index in [0.717, 1.165) is 18.4 Å². The van der Waals surface area contributed by atoms with Gasteiger partial charge in [0.25, 0.3) is 0 Å². The van der Waals surface area contributed by atoms with Gasteiger partial charge < -0.3 is 19.0 Å². The summed E-state index contributed by atoms with van der Waals surface area (Å²) in [5.41, 5.74) is -2.61. The molecule has 3 aromatic carbocycles. The van der Waals surface area contributed by atoms with Crippen molar-refractivity contribution >= 4 is 50.4 Å². The number of carboxylic acid groups (broad SMARTS) is 1. The van der Waals surface area contributed by atoms with E-state index in [1.54, 1.807) is 24.3 Å². The third kappa shape index (κ3) is 3.21. The Morgan fingerprint density at radius 2 is 1.56 bits per heavy atom. The number of benzene rings is 3. The number of fused-ring (bicyclic) bond motifs is 3. The van der Waals surface area contributed by atoms with Crippen LogP contribution in [-0.2, 0) is 0 Å². The molecule has 0 spiro atoms. The number of carbonyl (C=O) groups is 3. The molecular formula is C27H16O9. The molecule has 0 bridgehead atoms. The number of carboxylic acids is 1. The fourth-order valence-corrected chi connectivity index (χ4v) is 4.43. The number of para-hydroxylation sites is 1. The lowest BCUT2D eigenvalue weighted by Crippen LogP contribution is -2.15. The van der Waals surface area contributed by atoms with Crippen LogP contribution in [0.15, 0.2) is 67.2 Å². The van der Waals surface area contributed by atoms with Crippen LogP contribution in [0.3, 0.4) is 0 Å². The topological polar surface area (TPSA) is 152 Å². The zero-order chi connectivity index (χ0) is 25.9. The lowest BCUT2D eigenvalue weighted by molar-refractivity contribution is 0.0695. The summed E-state index contributed by atoms with van der Waals surface area (Å²) in [6, 6.07) is 9.88. The van der Waals surface area contributed by atoms with Crippen LogP contribution in [0, 0.1) is 0 Å². The summed E-state index contributed by atoms with van der Waals surface area (Å²) in [5, 5.41) is 19.2. The Kier molecular flexibility index (Phi) is 5.06. The van der Waals surface area contributed by atoms with Gasteiger partial charge in [-0.1, -0.05) is 12.1 Å². The first kappa shape index (κ1) is 22.7. The molecule has 0 aliphatic carbocycles. The van der Waals surface area contributed by atoms with Gasteiger partial charge in [-0.3, -0.25) is 19.2 Å². The average Bonchev–Trinajstić information content (AvgIpc) is 2.83. The first-order valence-electron chi connectivity index (χ1n) is 10.7. The van der Waals surface area contributed by atoms with Gasteiger partial charge >= 0.3 is 5.97 Å². The largest absolute Gasteiger partial charge is 0.507 e. The summed E-state index contributed by atoms with van der Waals surface area (Å²) in [6.45, 7) is 2.39. The van der Waals surface area contributed by atoms with Gasteiger partial charge in [0, 0.05) is 11.1 Å². The van der Waals surface area contributed by atoms with Crippen molar-refractivity contribution in [3.05, 3.63) is 85.9 Å². The number of aromatic carboxylic acids is 1. The molecule has 5 aromatic rings. The van der Waals surface area contributed by atoms with Crippen molar-refractivity contribution in [1.82, 2.24) is 0 Å². The second-order valence-corrected chi connectivity index (χ2v) is 8.21. The molecule has 2 heterocycles. The van der Waals surface area contributed by atoms with E-state index >= 15 is 0 Å². The monoisotopic (exact) mass is 484 g/mol. The number of ketones is 2. The molecule has 36 heavy (non-hydrogen) atoms. The summed E-state index contributed by atoms with van der Waals surface area (Å²) >= 11 is 0. The highest BCUT2D eigenvalue weighted by Gasteiger charge is 2.28. The van der Waals surface area contributed by atoms with Gasteiger partial charge in [0.1, 0.15) is 34.3 Å². The van der Waals surface area contributed by atoms with Crippen LogP contribution in [0.2, 0.25) is 0 Å². The molecule has 5 rings (SSSR count). The highest BCUT2D eigenvalue weighted by Crippen LogP contribution is 2.36. The van der Waals surface area contributed by atoms with E-state index in [-0.39, 0.29) is 44.2 Å². The van der Waals surface area contributed by atoms with Crippen LogP contribution in [-0.4, -0.2) is 27.7 Å². The Morgan fingerprint density at radius 1 is 0.833 bits per heavy atom. The maximum atomic E-state index is 13.5.